The molecule has 1 aromatic rings. The van der Waals surface area contributed by atoms with Gasteiger partial charge in [0, 0.05) is 25.0 Å². The minimum Gasteiger partial charge on any atom is -0.352 e. The van der Waals surface area contributed by atoms with Crippen molar-refractivity contribution in [2.45, 2.75) is 58.2 Å². The average Bonchev–Trinajstić information content (AvgIpc) is 2.63. The standard InChI is InChI=1S/C20H31N3O.ClH/c1-16-4-2-3-13-23(16)15-18-7-5-17(6-8-18)14-22-20(24)19-9-11-21-12-10-19;/h5-8,16,19,21H,2-4,9-15H2,1H3,(H,22,24);1H. The molecule has 0 aliphatic carbocycles. The maximum absolute atomic E-state index is 12.2. The van der Waals surface area contributed by atoms with Gasteiger partial charge in [-0.25, -0.2) is 0 Å². The Morgan fingerprint density at radius 3 is 2.48 bits per heavy atom. The first kappa shape index (κ1) is 20.2. The summed E-state index contributed by atoms with van der Waals surface area (Å²) < 4.78 is 0. The summed E-state index contributed by atoms with van der Waals surface area (Å²) in [7, 11) is 0. The third kappa shape index (κ3) is 5.98. The molecule has 1 aromatic carbocycles. The molecule has 0 saturated carbocycles. The van der Waals surface area contributed by atoms with Crippen LogP contribution in [0.15, 0.2) is 24.3 Å². The van der Waals surface area contributed by atoms with Crippen LogP contribution >= 0.6 is 12.4 Å². The third-order valence-corrected chi connectivity index (χ3v) is 5.53. The molecule has 4 nitrogen and oxygen atoms in total. The summed E-state index contributed by atoms with van der Waals surface area (Å²) in [5.74, 6) is 0.397. The molecule has 1 atom stereocenters. The topological polar surface area (TPSA) is 44.4 Å². The van der Waals surface area contributed by atoms with E-state index < -0.39 is 0 Å². The molecule has 0 radical (unpaired) electrons. The maximum atomic E-state index is 12.2. The lowest BCUT2D eigenvalue weighted by atomic mass is 9.97. The number of hydrogen-bond donors (Lipinski definition) is 2. The van der Waals surface area contributed by atoms with Crippen molar-refractivity contribution in [2.75, 3.05) is 19.6 Å². The number of carbonyl (C=O) groups is 1. The quantitative estimate of drug-likeness (QED) is 0.842. The van der Waals surface area contributed by atoms with Gasteiger partial charge in [-0.15, -0.1) is 12.4 Å². The van der Waals surface area contributed by atoms with E-state index in [1.165, 1.54) is 36.9 Å². The van der Waals surface area contributed by atoms with E-state index in [2.05, 4.69) is 46.7 Å². The predicted octanol–water partition coefficient (Wildman–Crippen LogP) is 3.10. The van der Waals surface area contributed by atoms with Gasteiger partial charge in [0.1, 0.15) is 0 Å². The van der Waals surface area contributed by atoms with E-state index in [0.29, 0.717) is 12.6 Å². The summed E-state index contributed by atoms with van der Waals surface area (Å²) in [6.45, 7) is 7.16. The van der Waals surface area contributed by atoms with Gasteiger partial charge in [0.25, 0.3) is 0 Å². The van der Waals surface area contributed by atoms with Crippen LogP contribution in [0.25, 0.3) is 0 Å². The first-order chi connectivity index (χ1) is 11.7. The molecule has 0 spiro atoms. The van der Waals surface area contributed by atoms with E-state index in [-0.39, 0.29) is 24.2 Å². The molecular weight excluding hydrogens is 334 g/mol. The molecule has 25 heavy (non-hydrogen) atoms. The van der Waals surface area contributed by atoms with Crippen molar-refractivity contribution in [3.8, 4) is 0 Å². The van der Waals surface area contributed by atoms with Crippen molar-refractivity contribution >= 4 is 18.3 Å². The second kappa shape index (κ2) is 10.1. The van der Waals surface area contributed by atoms with Crippen LogP contribution in [-0.2, 0) is 17.9 Å². The second-order valence-electron chi connectivity index (χ2n) is 7.37. The molecule has 0 aromatic heterocycles. The molecule has 2 N–H and O–H groups in total. The van der Waals surface area contributed by atoms with Crippen molar-refractivity contribution in [1.82, 2.24) is 15.5 Å². The Morgan fingerprint density at radius 1 is 1.12 bits per heavy atom. The van der Waals surface area contributed by atoms with Crippen molar-refractivity contribution in [3.05, 3.63) is 35.4 Å². The maximum Gasteiger partial charge on any atom is 0.223 e. The number of rotatable bonds is 5. The van der Waals surface area contributed by atoms with Gasteiger partial charge in [-0.05, 0) is 63.4 Å². The number of nitrogens with zero attached hydrogens (tertiary/aromatic N) is 1. The Balaban J connectivity index is 0.00000225. The molecule has 1 unspecified atom stereocenters. The lowest BCUT2D eigenvalue weighted by Crippen LogP contribution is -2.37. The van der Waals surface area contributed by atoms with Crippen LogP contribution < -0.4 is 10.6 Å². The smallest absolute Gasteiger partial charge is 0.223 e. The van der Waals surface area contributed by atoms with Crippen LogP contribution in [0.2, 0.25) is 0 Å². The Bertz CT molecular complexity index is 528. The zero-order valence-electron chi connectivity index (χ0n) is 15.3. The van der Waals surface area contributed by atoms with Crippen LogP contribution in [-0.4, -0.2) is 36.5 Å². The van der Waals surface area contributed by atoms with E-state index >= 15 is 0 Å². The lowest BCUT2D eigenvalue weighted by molar-refractivity contribution is -0.125. The molecule has 2 heterocycles. The Hall–Kier alpha value is -1.10. The van der Waals surface area contributed by atoms with Crippen LogP contribution in [0.1, 0.15) is 50.2 Å². The van der Waals surface area contributed by atoms with Gasteiger partial charge in [0.15, 0.2) is 0 Å². The summed E-state index contributed by atoms with van der Waals surface area (Å²) in [6, 6.07) is 9.45. The largest absolute Gasteiger partial charge is 0.352 e. The fourth-order valence-corrected chi connectivity index (χ4v) is 3.81. The third-order valence-electron chi connectivity index (χ3n) is 5.53. The predicted molar refractivity (Wildman–Crippen MR) is 105 cm³/mol. The summed E-state index contributed by atoms with van der Waals surface area (Å²) in [4.78, 5) is 14.8. The molecular formula is C20H32ClN3O. The number of halogens is 1. The summed E-state index contributed by atoms with van der Waals surface area (Å²) in [6.07, 6.45) is 5.93. The van der Waals surface area contributed by atoms with Crippen molar-refractivity contribution in [3.63, 3.8) is 0 Å². The first-order valence-corrected chi connectivity index (χ1v) is 9.52. The number of carbonyl (C=O) groups excluding carboxylic acids is 1. The van der Waals surface area contributed by atoms with Crippen LogP contribution in [0.3, 0.4) is 0 Å². The molecule has 2 aliphatic heterocycles. The summed E-state index contributed by atoms with van der Waals surface area (Å²) in [5.41, 5.74) is 2.56. The molecule has 0 bridgehead atoms. The van der Waals surface area contributed by atoms with Gasteiger partial charge in [0.05, 0.1) is 0 Å². The van der Waals surface area contributed by atoms with E-state index in [1.807, 2.05) is 0 Å². The van der Waals surface area contributed by atoms with Gasteiger partial charge in [-0.2, -0.15) is 0 Å². The minimum atomic E-state index is 0. The molecule has 2 saturated heterocycles. The highest BCUT2D eigenvalue weighted by molar-refractivity contribution is 5.85. The van der Waals surface area contributed by atoms with Gasteiger partial charge in [-0.3, -0.25) is 9.69 Å². The van der Waals surface area contributed by atoms with Crippen LogP contribution in [0, 0.1) is 5.92 Å². The second-order valence-corrected chi connectivity index (χ2v) is 7.37. The van der Waals surface area contributed by atoms with Gasteiger partial charge < -0.3 is 10.6 Å². The normalized spacial score (nSPS) is 22.2. The van der Waals surface area contributed by atoms with E-state index in [9.17, 15) is 4.79 Å². The van der Waals surface area contributed by atoms with Gasteiger partial charge in [-0.1, -0.05) is 30.7 Å². The van der Waals surface area contributed by atoms with Gasteiger partial charge >= 0.3 is 0 Å². The molecule has 3 rings (SSSR count). The molecule has 1 amide bonds. The number of benzene rings is 1. The minimum absolute atomic E-state index is 0. The highest BCUT2D eigenvalue weighted by Gasteiger charge is 2.20. The number of nitrogens with one attached hydrogen (secondary N) is 2. The van der Waals surface area contributed by atoms with E-state index in [4.69, 9.17) is 0 Å². The number of piperidine rings is 2. The Kier molecular flexibility index (Phi) is 8.20. The fourth-order valence-electron chi connectivity index (χ4n) is 3.81. The van der Waals surface area contributed by atoms with Crippen LogP contribution in [0.4, 0.5) is 0 Å². The number of likely N-dealkylation sites (tertiary alicyclic amines) is 1. The van der Waals surface area contributed by atoms with Crippen molar-refractivity contribution < 1.29 is 4.79 Å². The number of hydrogen-bond acceptors (Lipinski definition) is 3. The van der Waals surface area contributed by atoms with Gasteiger partial charge in [0.2, 0.25) is 5.91 Å². The van der Waals surface area contributed by atoms with Crippen molar-refractivity contribution in [1.29, 1.82) is 0 Å². The zero-order chi connectivity index (χ0) is 16.8. The Labute approximate surface area is 158 Å². The number of amides is 1. The SMILES string of the molecule is CC1CCCCN1Cc1ccc(CNC(=O)C2CCNCC2)cc1.Cl. The Morgan fingerprint density at radius 2 is 1.80 bits per heavy atom. The van der Waals surface area contributed by atoms with Crippen molar-refractivity contribution in [2.24, 2.45) is 5.92 Å². The fraction of sp³-hybridized carbons (Fsp3) is 0.650. The van der Waals surface area contributed by atoms with Crippen LogP contribution in [0.5, 0.6) is 0 Å². The average molecular weight is 366 g/mol. The van der Waals surface area contributed by atoms with E-state index in [0.717, 1.165) is 32.5 Å². The monoisotopic (exact) mass is 365 g/mol. The summed E-state index contributed by atoms with van der Waals surface area (Å²) >= 11 is 0. The molecule has 140 valence electrons. The highest BCUT2D eigenvalue weighted by Crippen LogP contribution is 2.19. The highest BCUT2D eigenvalue weighted by atomic mass is 35.5. The first-order valence-electron chi connectivity index (χ1n) is 9.52. The lowest BCUT2D eigenvalue weighted by Gasteiger charge is -2.33. The molecule has 5 heteroatoms. The summed E-state index contributed by atoms with van der Waals surface area (Å²) in [5, 5.41) is 6.40. The molecule has 2 fully saturated rings. The van der Waals surface area contributed by atoms with E-state index in [1.54, 1.807) is 0 Å². The zero-order valence-corrected chi connectivity index (χ0v) is 16.1. The molecule has 2 aliphatic rings.